The average molecular weight is 620 g/mol. The van der Waals surface area contributed by atoms with Crippen LogP contribution in [-0.2, 0) is 45.7 Å². The zero-order valence-electron chi connectivity index (χ0n) is 22.3. The molecular formula is C28H30O12P2. The summed E-state index contributed by atoms with van der Waals surface area (Å²) in [5, 5.41) is 24.8. The molecule has 3 aliphatic heterocycles. The first kappa shape index (κ1) is 28.1. The molecule has 7 rings (SSSR count). The molecule has 2 aliphatic carbocycles. The van der Waals surface area contributed by atoms with Gasteiger partial charge in [-0.2, -0.15) is 0 Å². The third-order valence-electron chi connectivity index (χ3n) is 8.04. The molecule has 0 unspecified atom stereocenters. The van der Waals surface area contributed by atoms with Crippen molar-refractivity contribution in [2.75, 3.05) is 0 Å². The van der Waals surface area contributed by atoms with Crippen molar-refractivity contribution in [3.05, 3.63) is 69.4 Å². The van der Waals surface area contributed by atoms with E-state index in [0.29, 0.717) is 33.7 Å². The SMILES string of the molecule is O=P1(O[C@@H]2[C@H]3OC4(CCCCC4)O[C@H]3[C@@H](O)[C@H](O)[C@H]2OP2(=O)OC=c3ccccc3=CO2)OC=c2ccccc2=CO1. The summed E-state index contributed by atoms with van der Waals surface area (Å²) in [5.74, 6) is -1.04. The minimum Gasteiger partial charge on any atom is -0.402 e. The number of aliphatic hydroxyl groups is 2. The van der Waals surface area contributed by atoms with E-state index in [-0.39, 0.29) is 0 Å². The van der Waals surface area contributed by atoms with Gasteiger partial charge >= 0.3 is 15.6 Å². The van der Waals surface area contributed by atoms with E-state index in [4.69, 9.17) is 36.6 Å². The first-order valence-corrected chi connectivity index (χ1v) is 16.7. The van der Waals surface area contributed by atoms with Gasteiger partial charge in [0.25, 0.3) is 0 Å². The molecule has 3 fully saturated rings. The highest BCUT2D eigenvalue weighted by Crippen LogP contribution is 2.59. The van der Waals surface area contributed by atoms with Crippen LogP contribution in [0.1, 0.15) is 32.1 Å². The standard InChI is InChI=1S/C28H30O12P2/c29-22-23(30)25(39-41(31)33-14-18-8-2-3-9-19(18)15-34-41)27(26-24(22)37-28(38-26)12-6-1-7-13-28)40-42(32)35-16-20-10-4-5-11-21(20)17-36-42/h2-5,8-11,14-17,22-27,29-30H,1,6-7,12-13H2/t22-,23-,24-,25+,26-,27-/m0/s1. The summed E-state index contributed by atoms with van der Waals surface area (Å²) in [7, 11) is -8.89. The largest absolute Gasteiger partial charge is 0.586 e. The van der Waals surface area contributed by atoms with Crippen LogP contribution in [0.3, 0.4) is 0 Å². The van der Waals surface area contributed by atoms with Gasteiger partial charge in [0.05, 0.1) is 0 Å². The Morgan fingerprint density at radius 2 is 1.05 bits per heavy atom. The molecule has 1 spiro atoms. The van der Waals surface area contributed by atoms with Crippen molar-refractivity contribution < 1.29 is 56.0 Å². The molecule has 1 saturated heterocycles. The Hall–Kier alpha value is -2.66. The maximum Gasteiger partial charge on any atom is 0.586 e. The maximum absolute atomic E-state index is 13.9. The fourth-order valence-corrected chi connectivity index (χ4v) is 8.25. The van der Waals surface area contributed by atoms with Crippen molar-refractivity contribution in [1.29, 1.82) is 0 Å². The summed E-state index contributed by atoms with van der Waals surface area (Å²) in [4.78, 5) is 0. The normalized spacial score (nSPS) is 33.4. The molecule has 0 bridgehead atoms. The molecule has 12 nitrogen and oxygen atoms in total. The number of phosphoric acid groups is 2. The van der Waals surface area contributed by atoms with Crippen LogP contribution in [0.4, 0.5) is 0 Å². The Morgan fingerprint density at radius 3 is 1.52 bits per heavy atom. The van der Waals surface area contributed by atoms with Crippen molar-refractivity contribution in [2.24, 2.45) is 0 Å². The Bertz CT molecular complexity index is 1610. The second-order valence-electron chi connectivity index (χ2n) is 10.8. The average Bonchev–Trinajstić information content (AvgIpc) is 3.16. The lowest BCUT2D eigenvalue weighted by Gasteiger charge is -2.43. The Labute approximate surface area is 240 Å². The van der Waals surface area contributed by atoms with Gasteiger partial charge in [0.15, 0.2) is 5.79 Å². The smallest absolute Gasteiger partial charge is 0.402 e. The lowest BCUT2D eigenvalue weighted by Crippen LogP contribution is -2.63. The topological polar surface area (TPSA) is 148 Å². The molecule has 2 saturated carbocycles. The predicted octanol–water partition coefficient (Wildman–Crippen LogP) is 1.60. The summed E-state index contributed by atoms with van der Waals surface area (Å²) in [6, 6.07) is 14.0. The highest BCUT2D eigenvalue weighted by Gasteiger charge is 2.64. The lowest BCUT2D eigenvalue weighted by atomic mass is 9.85. The zero-order valence-corrected chi connectivity index (χ0v) is 24.1. The lowest BCUT2D eigenvalue weighted by molar-refractivity contribution is -0.202. The fraction of sp³-hybridized carbons (Fsp3) is 0.429. The highest BCUT2D eigenvalue weighted by atomic mass is 31.2. The highest BCUT2D eigenvalue weighted by molar-refractivity contribution is 7.49. The number of fused-ring (bicyclic) bond motifs is 3. The third-order valence-corrected chi connectivity index (χ3v) is 10.5. The Kier molecular flexibility index (Phi) is 7.24. The monoisotopic (exact) mass is 620 g/mol. The predicted molar refractivity (Wildman–Crippen MR) is 146 cm³/mol. The maximum atomic E-state index is 13.9. The second kappa shape index (κ2) is 10.8. The van der Waals surface area contributed by atoms with E-state index in [2.05, 4.69) is 0 Å². The minimum atomic E-state index is -4.46. The Balaban J connectivity index is 1.24. The molecule has 0 amide bonds. The van der Waals surface area contributed by atoms with Crippen LogP contribution >= 0.6 is 15.6 Å². The van der Waals surface area contributed by atoms with Gasteiger partial charge in [0.2, 0.25) is 0 Å². The van der Waals surface area contributed by atoms with E-state index in [1.54, 1.807) is 48.5 Å². The summed E-state index contributed by atoms with van der Waals surface area (Å²) < 4.78 is 74.0. The molecule has 2 N–H and O–H groups in total. The number of hydrogen-bond acceptors (Lipinski definition) is 12. The number of phosphoric ester groups is 2. The van der Waals surface area contributed by atoms with Crippen LogP contribution in [0.2, 0.25) is 0 Å². The van der Waals surface area contributed by atoms with Gasteiger partial charge < -0.3 is 37.8 Å². The number of hydrogen-bond donors (Lipinski definition) is 2. The molecule has 0 radical (unpaired) electrons. The zero-order chi connectivity index (χ0) is 29.0. The Morgan fingerprint density at radius 1 is 0.619 bits per heavy atom. The van der Waals surface area contributed by atoms with E-state index >= 15 is 0 Å². The molecule has 42 heavy (non-hydrogen) atoms. The van der Waals surface area contributed by atoms with Gasteiger partial charge in [-0.15, -0.1) is 0 Å². The fourth-order valence-electron chi connectivity index (χ4n) is 5.90. The van der Waals surface area contributed by atoms with Crippen molar-refractivity contribution in [3.8, 4) is 0 Å². The third kappa shape index (κ3) is 5.20. The summed E-state index contributed by atoms with van der Waals surface area (Å²) in [6.45, 7) is 0. The van der Waals surface area contributed by atoms with Gasteiger partial charge in [-0.3, -0.25) is 9.05 Å². The molecule has 224 valence electrons. The molecular weight excluding hydrogens is 590 g/mol. The van der Waals surface area contributed by atoms with Gasteiger partial charge in [-0.1, -0.05) is 55.0 Å². The van der Waals surface area contributed by atoms with Crippen molar-refractivity contribution in [1.82, 2.24) is 0 Å². The van der Waals surface area contributed by atoms with Crippen LogP contribution in [-0.4, -0.2) is 52.6 Å². The van der Waals surface area contributed by atoms with Gasteiger partial charge in [-0.25, -0.2) is 9.13 Å². The summed E-state index contributed by atoms with van der Waals surface area (Å²) >= 11 is 0. The number of aliphatic hydroxyl groups excluding tert-OH is 2. The molecule has 3 heterocycles. The number of benzene rings is 2. The molecule has 2 aromatic rings. The molecule has 14 heteroatoms. The van der Waals surface area contributed by atoms with Crippen LogP contribution in [0, 0.1) is 0 Å². The van der Waals surface area contributed by atoms with Crippen LogP contribution < -0.4 is 20.9 Å². The summed E-state index contributed by atoms with van der Waals surface area (Å²) in [6.07, 6.45) is 0.120. The minimum absolute atomic E-state index is 0.551. The van der Waals surface area contributed by atoms with Crippen LogP contribution in [0.15, 0.2) is 48.5 Å². The van der Waals surface area contributed by atoms with E-state index in [1.807, 2.05) is 0 Å². The van der Waals surface area contributed by atoms with Gasteiger partial charge in [-0.05, 0) is 12.8 Å². The molecule has 6 atom stereocenters. The van der Waals surface area contributed by atoms with E-state index in [0.717, 1.165) is 19.3 Å². The van der Waals surface area contributed by atoms with Gasteiger partial charge in [0, 0.05) is 33.7 Å². The quantitative estimate of drug-likeness (QED) is 0.479. The molecule has 2 aromatic carbocycles. The summed E-state index contributed by atoms with van der Waals surface area (Å²) in [5.41, 5.74) is 0. The van der Waals surface area contributed by atoms with Gasteiger partial charge in [0.1, 0.15) is 61.7 Å². The van der Waals surface area contributed by atoms with Crippen molar-refractivity contribution >= 4 is 40.7 Å². The second-order valence-corrected chi connectivity index (χ2v) is 13.9. The molecule has 5 aliphatic rings. The van der Waals surface area contributed by atoms with Crippen molar-refractivity contribution in [2.45, 2.75) is 74.5 Å². The van der Waals surface area contributed by atoms with Crippen molar-refractivity contribution in [3.63, 3.8) is 0 Å². The van der Waals surface area contributed by atoms with E-state index < -0.39 is 58.1 Å². The van der Waals surface area contributed by atoms with E-state index in [1.165, 1.54) is 25.0 Å². The molecule has 0 aromatic heterocycles. The number of rotatable bonds is 4. The van der Waals surface area contributed by atoms with E-state index in [9.17, 15) is 19.3 Å². The first-order chi connectivity index (χ1) is 20.3. The van der Waals surface area contributed by atoms with Crippen LogP contribution in [0.5, 0.6) is 0 Å². The number of ether oxygens (including phenoxy) is 2. The first-order valence-electron chi connectivity index (χ1n) is 13.8. The van der Waals surface area contributed by atoms with Crippen LogP contribution in [0.25, 0.3) is 25.0 Å².